The molecule has 0 radical (unpaired) electrons. The summed E-state index contributed by atoms with van der Waals surface area (Å²) in [5.41, 5.74) is 1.69. The number of carbonyl (C=O) groups is 1. The number of nitrogens with one attached hydrogen (secondary N) is 1. The third-order valence-electron chi connectivity index (χ3n) is 2.42. The van der Waals surface area contributed by atoms with Crippen LogP contribution in [-0.4, -0.2) is 24.0 Å². The number of rotatable bonds is 4. The molecule has 0 spiro atoms. The minimum Gasteiger partial charge on any atom is -0.351 e. The summed E-state index contributed by atoms with van der Waals surface area (Å²) in [6, 6.07) is 5.60. The van der Waals surface area contributed by atoms with Gasteiger partial charge in [-0.15, -0.1) is 12.6 Å². The maximum atomic E-state index is 11.9. The normalized spacial score (nSPS) is 12.2. The summed E-state index contributed by atoms with van der Waals surface area (Å²) in [7, 11) is 0. The van der Waals surface area contributed by atoms with Gasteiger partial charge in [-0.3, -0.25) is 4.79 Å². The second-order valence-corrected chi connectivity index (χ2v) is 5.55. The van der Waals surface area contributed by atoms with Crippen molar-refractivity contribution in [2.75, 3.05) is 12.8 Å². The lowest BCUT2D eigenvalue weighted by Crippen LogP contribution is -2.29. The van der Waals surface area contributed by atoms with Gasteiger partial charge in [0.05, 0.1) is 0 Å². The van der Waals surface area contributed by atoms with Gasteiger partial charge in [0, 0.05) is 22.3 Å². The maximum Gasteiger partial charge on any atom is 0.251 e. The predicted octanol–water partition coefficient (Wildman–Crippen LogP) is 2.77. The molecule has 88 valence electrons. The zero-order valence-corrected chi connectivity index (χ0v) is 11.5. The first kappa shape index (κ1) is 13.5. The Kier molecular flexibility index (Phi) is 5.22. The van der Waals surface area contributed by atoms with Gasteiger partial charge in [0.1, 0.15) is 0 Å². The van der Waals surface area contributed by atoms with E-state index in [4.69, 9.17) is 0 Å². The average molecular weight is 255 g/mol. The molecule has 0 saturated heterocycles. The molecule has 0 heterocycles. The van der Waals surface area contributed by atoms with Gasteiger partial charge in [0.2, 0.25) is 0 Å². The molecule has 1 atom stereocenters. The molecule has 0 aliphatic carbocycles. The van der Waals surface area contributed by atoms with Crippen molar-refractivity contribution in [2.45, 2.75) is 24.0 Å². The molecule has 1 unspecified atom stereocenters. The van der Waals surface area contributed by atoms with E-state index in [2.05, 4.69) is 24.9 Å². The smallest absolute Gasteiger partial charge is 0.251 e. The SMILES string of the molecule is CSC(C)CNC(=O)c1cc(S)ccc1C. The molecular formula is C12H17NOS2. The van der Waals surface area contributed by atoms with E-state index in [0.717, 1.165) is 10.5 Å². The summed E-state index contributed by atoms with van der Waals surface area (Å²) in [5, 5.41) is 3.36. The molecule has 0 saturated carbocycles. The van der Waals surface area contributed by atoms with Crippen LogP contribution in [0, 0.1) is 6.92 Å². The van der Waals surface area contributed by atoms with Crippen molar-refractivity contribution in [3.8, 4) is 0 Å². The Balaban J connectivity index is 2.69. The van der Waals surface area contributed by atoms with E-state index in [-0.39, 0.29) is 5.91 Å². The molecule has 1 aromatic carbocycles. The Morgan fingerprint density at radius 1 is 1.56 bits per heavy atom. The van der Waals surface area contributed by atoms with Crippen LogP contribution in [0.4, 0.5) is 0 Å². The minimum atomic E-state index is -0.0192. The highest BCUT2D eigenvalue weighted by molar-refractivity contribution is 7.99. The zero-order chi connectivity index (χ0) is 12.1. The van der Waals surface area contributed by atoms with E-state index < -0.39 is 0 Å². The van der Waals surface area contributed by atoms with Gasteiger partial charge in [0.15, 0.2) is 0 Å². The van der Waals surface area contributed by atoms with E-state index in [9.17, 15) is 4.79 Å². The monoisotopic (exact) mass is 255 g/mol. The Labute approximate surface area is 107 Å². The lowest BCUT2D eigenvalue weighted by Gasteiger charge is -2.11. The summed E-state index contributed by atoms with van der Waals surface area (Å²) in [4.78, 5) is 12.7. The Morgan fingerprint density at radius 2 is 2.25 bits per heavy atom. The molecule has 16 heavy (non-hydrogen) atoms. The Bertz CT molecular complexity index is 379. The van der Waals surface area contributed by atoms with Crippen molar-refractivity contribution in [2.24, 2.45) is 0 Å². The van der Waals surface area contributed by atoms with Crippen molar-refractivity contribution in [3.05, 3.63) is 29.3 Å². The lowest BCUT2D eigenvalue weighted by atomic mass is 10.1. The van der Waals surface area contributed by atoms with Crippen molar-refractivity contribution >= 4 is 30.3 Å². The second-order valence-electron chi connectivity index (χ2n) is 3.76. The minimum absolute atomic E-state index is 0.0192. The molecule has 1 aromatic rings. The number of amides is 1. The molecule has 1 amide bonds. The second kappa shape index (κ2) is 6.21. The van der Waals surface area contributed by atoms with Gasteiger partial charge in [-0.2, -0.15) is 11.8 Å². The number of hydrogen-bond donors (Lipinski definition) is 2. The molecule has 1 N–H and O–H groups in total. The van der Waals surface area contributed by atoms with Crippen LogP contribution in [0.5, 0.6) is 0 Å². The van der Waals surface area contributed by atoms with Crippen molar-refractivity contribution in [3.63, 3.8) is 0 Å². The predicted molar refractivity (Wildman–Crippen MR) is 73.7 cm³/mol. The largest absolute Gasteiger partial charge is 0.351 e. The van der Waals surface area contributed by atoms with Crippen LogP contribution in [-0.2, 0) is 0 Å². The van der Waals surface area contributed by atoms with E-state index in [1.54, 1.807) is 17.8 Å². The first-order valence-corrected chi connectivity index (χ1v) is 6.88. The van der Waals surface area contributed by atoms with Crippen molar-refractivity contribution in [1.29, 1.82) is 0 Å². The third-order valence-corrected chi connectivity index (χ3v) is 3.67. The van der Waals surface area contributed by atoms with Gasteiger partial charge >= 0.3 is 0 Å². The first-order chi connectivity index (χ1) is 7.54. The lowest BCUT2D eigenvalue weighted by molar-refractivity contribution is 0.0953. The third kappa shape index (κ3) is 3.76. The maximum absolute atomic E-state index is 11.9. The van der Waals surface area contributed by atoms with Gasteiger partial charge in [0.25, 0.3) is 5.91 Å². The summed E-state index contributed by atoms with van der Waals surface area (Å²) >= 11 is 5.98. The first-order valence-electron chi connectivity index (χ1n) is 5.15. The highest BCUT2D eigenvalue weighted by Crippen LogP contribution is 2.14. The number of carbonyl (C=O) groups excluding carboxylic acids is 1. The summed E-state index contributed by atoms with van der Waals surface area (Å²) in [5.74, 6) is -0.0192. The standard InChI is InChI=1S/C12H17NOS2/c1-8-4-5-10(15)6-11(8)12(14)13-7-9(2)16-3/h4-6,9,15H,7H2,1-3H3,(H,13,14). The van der Waals surface area contributed by atoms with E-state index >= 15 is 0 Å². The van der Waals surface area contributed by atoms with Crippen LogP contribution in [0.15, 0.2) is 23.1 Å². The van der Waals surface area contributed by atoms with Gasteiger partial charge < -0.3 is 5.32 Å². The van der Waals surface area contributed by atoms with Crippen LogP contribution >= 0.6 is 24.4 Å². The Morgan fingerprint density at radius 3 is 2.88 bits per heavy atom. The summed E-state index contributed by atoms with van der Waals surface area (Å²) in [6.07, 6.45) is 2.04. The van der Waals surface area contributed by atoms with Crippen LogP contribution in [0.3, 0.4) is 0 Å². The topological polar surface area (TPSA) is 29.1 Å². The van der Waals surface area contributed by atoms with E-state index in [0.29, 0.717) is 17.4 Å². The van der Waals surface area contributed by atoms with Crippen LogP contribution in [0.25, 0.3) is 0 Å². The fraction of sp³-hybridized carbons (Fsp3) is 0.417. The van der Waals surface area contributed by atoms with E-state index in [1.807, 2.05) is 25.3 Å². The number of hydrogen-bond acceptors (Lipinski definition) is 3. The highest BCUT2D eigenvalue weighted by Gasteiger charge is 2.10. The highest BCUT2D eigenvalue weighted by atomic mass is 32.2. The van der Waals surface area contributed by atoms with Crippen LogP contribution in [0.2, 0.25) is 0 Å². The fourth-order valence-corrected chi connectivity index (χ4v) is 1.72. The molecule has 0 aliphatic rings. The molecule has 0 bridgehead atoms. The Hall–Kier alpha value is -0.610. The molecule has 0 fully saturated rings. The van der Waals surface area contributed by atoms with E-state index in [1.165, 1.54) is 0 Å². The zero-order valence-electron chi connectivity index (χ0n) is 9.78. The van der Waals surface area contributed by atoms with Crippen molar-refractivity contribution in [1.82, 2.24) is 5.32 Å². The number of thiol groups is 1. The van der Waals surface area contributed by atoms with Gasteiger partial charge in [-0.25, -0.2) is 0 Å². The quantitative estimate of drug-likeness (QED) is 0.810. The number of aryl methyl sites for hydroxylation is 1. The van der Waals surface area contributed by atoms with Crippen molar-refractivity contribution < 1.29 is 4.79 Å². The van der Waals surface area contributed by atoms with Crippen LogP contribution < -0.4 is 5.32 Å². The van der Waals surface area contributed by atoms with Gasteiger partial charge in [-0.1, -0.05) is 13.0 Å². The molecule has 1 rings (SSSR count). The van der Waals surface area contributed by atoms with Crippen LogP contribution in [0.1, 0.15) is 22.8 Å². The summed E-state index contributed by atoms with van der Waals surface area (Å²) in [6.45, 7) is 4.71. The molecule has 2 nitrogen and oxygen atoms in total. The molecule has 0 aromatic heterocycles. The number of benzene rings is 1. The molecule has 0 aliphatic heterocycles. The molecular weight excluding hydrogens is 238 g/mol. The summed E-state index contributed by atoms with van der Waals surface area (Å²) < 4.78 is 0. The number of thioether (sulfide) groups is 1. The average Bonchev–Trinajstić information content (AvgIpc) is 2.28. The fourth-order valence-electron chi connectivity index (χ4n) is 1.27. The van der Waals surface area contributed by atoms with Gasteiger partial charge in [-0.05, 0) is 30.9 Å². The molecule has 4 heteroatoms.